The van der Waals surface area contributed by atoms with E-state index >= 15 is 0 Å². The van der Waals surface area contributed by atoms with Crippen LogP contribution in [0.5, 0.6) is 0 Å². The maximum atomic E-state index is 12.2. The van der Waals surface area contributed by atoms with Crippen molar-refractivity contribution >= 4 is 49.6 Å². The number of nitrogens with one attached hydrogen (secondary N) is 3. The van der Waals surface area contributed by atoms with E-state index < -0.39 is 63.1 Å². The Kier molecular flexibility index (Phi) is 18.9. The maximum Gasteiger partial charge on any atom is 0.410 e. The zero-order valence-electron chi connectivity index (χ0n) is 36.3. The molecule has 3 fully saturated rings. The molecular formula is C42H66N6O11S2. The molecule has 3 aliphatic heterocycles. The van der Waals surface area contributed by atoms with Gasteiger partial charge in [-0.05, 0) is 85.4 Å². The van der Waals surface area contributed by atoms with Crippen molar-refractivity contribution in [2.75, 3.05) is 39.3 Å². The van der Waals surface area contributed by atoms with Gasteiger partial charge in [0.2, 0.25) is 0 Å². The minimum absolute atomic E-state index is 0.0184. The lowest BCUT2D eigenvalue weighted by molar-refractivity contribution is 0.0115. The van der Waals surface area contributed by atoms with Crippen LogP contribution in [0, 0.1) is 0 Å². The molecule has 0 bridgehead atoms. The number of nitrogens with two attached hydrogens (primary N) is 1. The van der Waals surface area contributed by atoms with Crippen LogP contribution in [0.4, 0.5) is 19.2 Å². The number of likely N-dealkylation sites (tertiary alicyclic amines) is 2. The van der Waals surface area contributed by atoms with E-state index in [0.717, 1.165) is 17.7 Å². The number of carbonyl (C=O) groups is 4. The Balaban J connectivity index is 0.000000252. The zero-order valence-corrected chi connectivity index (χ0v) is 38.0. The number of benzene rings is 2. The van der Waals surface area contributed by atoms with Gasteiger partial charge in [0.15, 0.2) is 0 Å². The van der Waals surface area contributed by atoms with Crippen LogP contribution < -0.4 is 21.7 Å². The van der Waals surface area contributed by atoms with Crippen molar-refractivity contribution in [2.45, 2.75) is 126 Å². The Morgan fingerprint density at radius 3 is 1.54 bits per heavy atom. The summed E-state index contributed by atoms with van der Waals surface area (Å²) in [7, 11) is 0. The van der Waals surface area contributed by atoms with Crippen LogP contribution in [0.2, 0.25) is 0 Å². The third kappa shape index (κ3) is 17.4. The molecule has 0 aromatic heterocycles. The van der Waals surface area contributed by atoms with Gasteiger partial charge in [-0.25, -0.2) is 19.2 Å². The van der Waals surface area contributed by atoms with E-state index in [2.05, 4.69) is 41.2 Å². The van der Waals surface area contributed by atoms with Crippen molar-refractivity contribution in [3.8, 4) is 0 Å². The molecule has 8 N–H and O–H groups in total. The molecule has 6 atom stereocenters. The molecule has 19 heteroatoms. The first-order valence-electron chi connectivity index (χ1n) is 20.2. The molecular weight excluding hydrogens is 829 g/mol. The summed E-state index contributed by atoms with van der Waals surface area (Å²) in [6.07, 6.45) is -0.771. The van der Waals surface area contributed by atoms with Crippen LogP contribution >= 0.6 is 25.3 Å². The highest BCUT2D eigenvalue weighted by atomic mass is 32.1. The number of rotatable bonds is 9. The second-order valence-corrected chi connectivity index (χ2v) is 18.6. The molecule has 3 aliphatic rings. The molecule has 3 saturated heterocycles. The summed E-state index contributed by atoms with van der Waals surface area (Å²) in [5.74, 6) is 0. The van der Waals surface area contributed by atoms with Gasteiger partial charge in [0.1, 0.15) is 41.0 Å². The van der Waals surface area contributed by atoms with E-state index in [4.69, 9.17) is 24.7 Å². The van der Waals surface area contributed by atoms with Crippen LogP contribution in [0.1, 0.15) is 78.9 Å². The Bertz CT molecular complexity index is 1710. The Morgan fingerprint density at radius 2 is 1.15 bits per heavy atom. The first kappa shape index (κ1) is 51.4. The highest BCUT2D eigenvalue weighted by Crippen LogP contribution is 2.28. The number of amides is 4. The summed E-state index contributed by atoms with van der Waals surface area (Å²) < 4.78 is 20.8. The van der Waals surface area contributed by atoms with Gasteiger partial charge in [-0.15, -0.1) is 0 Å². The molecule has 342 valence electrons. The first-order chi connectivity index (χ1) is 28.3. The number of aliphatic hydroxyl groups is 3. The molecule has 3 heterocycles. The Morgan fingerprint density at radius 1 is 0.721 bits per heavy atom. The molecule has 2 aromatic carbocycles. The van der Waals surface area contributed by atoms with E-state index in [9.17, 15) is 34.5 Å². The van der Waals surface area contributed by atoms with Gasteiger partial charge in [-0.3, -0.25) is 0 Å². The molecule has 4 amide bonds. The van der Waals surface area contributed by atoms with Gasteiger partial charge in [0.25, 0.3) is 0 Å². The van der Waals surface area contributed by atoms with Gasteiger partial charge < -0.3 is 65.8 Å². The molecule has 0 aliphatic carbocycles. The summed E-state index contributed by atoms with van der Waals surface area (Å²) in [4.78, 5) is 50.3. The molecule has 5 rings (SSSR count). The monoisotopic (exact) mass is 894 g/mol. The summed E-state index contributed by atoms with van der Waals surface area (Å²) in [5.41, 5.74) is 2.89. The van der Waals surface area contributed by atoms with Gasteiger partial charge >= 0.3 is 24.4 Å². The number of nitrogens with zero attached hydrogens (tertiary/aromatic N) is 2. The molecule has 0 radical (unpaired) electrons. The minimum atomic E-state index is -1.36. The Labute approximate surface area is 370 Å². The predicted octanol–water partition coefficient (Wildman–Crippen LogP) is 4.14. The largest absolute Gasteiger partial charge is 0.445 e. The van der Waals surface area contributed by atoms with Crippen molar-refractivity contribution < 1.29 is 53.4 Å². The number of hydrogen-bond donors (Lipinski definition) is 9. The lowest BCUT2D eigenvalue weighted by Gasteiger charge is -2.30. The van der Waals surface area contributed by atoms with E-state index in [1.54, 1.807) is 27.7 Å². The van der Waals surface area contributed by atoms with Crippen LogP contribution in [0.15, 0.2) is 60.7 Å². The third-order valence-electron chi connectivity index (χ3n) is 9.90. The summed E-state index contributed by atoms with van der Waals surface area (Å²) in [6.45, 7) is 15.0. The smallest absolute Gasteiger partial charge is 0.410 e. The fourth-order valence-electron chi connectivity index (χ4n) is 6.27. The van der Waals surface area contributed by atoms with Gasteiger partial charge in [-0.2, -0.15) is 25.3 Å². The second-order valence-electron chi connectivity index (χ2n) is 17.5. The van der Waals surface area contributed by atoms with Crippen molar-refractivity contribution in [2.24, 2.45) is 5.73 Å². The average Bonchev–Trinajstić information content (AvgIpc) is 3.92. The number of alkyl carbamates (subject to hydrolysis) is 2. The zero-order chi connectivity index (χ0) is 45.6. The van der Waals surface area contributed by atoms with Gasteiger partial charge in [-0.1, -0.05) is 60.7 Å². The van der Waals surface area contributed by atoms with E-state index in [1.165, 1.54) is 9.80 Å². The maximum absolute atomic E-state index is 12.2. The van der Waals surface area contributed by atoms with Crippen LogP contribution in [-0.2, 0) is 32.2 Å². The molecule has 17 nitrogen and oxygen atoms in total. The lowest BCUT2D eigenvalue weighted by Crippen LogP contribution is -2.53. The average molecular weight is 895 g/mol. The van der Waals surface area contributed by atoms with Gasteiger partial charge in [0.05, 0.1) is 30.1 Å². The molecule has 0 spiro atoms. The fraction of sp³-hybridized carbons (Fsp3) is 0.619. The quantitative estimate of drug-likeness (QED) is 0.0980. The normalized spacial score (nSPS) is 23.8. The minimum Gasteiger partial charge on any atom is -0.445 e. The highest BCUT2D eigenvalue weighted by molar-refractivity contribution is 7.81. The highest BCUT2D eigenvalue weighted by Gasteiger charge is 2.45. The van der Waals surface area contributed by atoms with E-state index in [1.807, 2.05) is 81.4 Å². The van der Waals surface area contributed by atoms with Crippen molar-refractivity contribution in [1.82, 2.24) is 25.8 Å². The van der Waals surface area contributed by atoms with Crippen molar-refractivity contribution in [3.63, 3.8) is 0 Å². The summed E-state index contributed by atoms with van der Waals surface area (Å²) >= 11 is 8.32. The fourth-order valence-corrected chi connectivity index (χ4v) is 6.80. The number of carbonyl (C=O) groups excluding carboxylic acids is 4. The van der Waals surface area contributed by atoms with E-state index in [0.29, 0.717) is 32.5 Å². The first-order valence-corrected chi connectivity index (χ1v) is 21.3. The number of β-amino-alcohol motifs (C(OH)–C–C–N with tert-alkyl or cyclic N) is 3. The lowest BCUT2D eigenvalue weighted by atomic mass is 9.95. The van der Waals surface area contributed by atoms with Crippen LogP contribution in [0.3, 0.4) is 0 Å². The molecule has 6 unspecified atom stereocenters. The van der Waals surface area contributed by atoms with Crippen LogP contribution in [0.25, 0.3) is 0 Å². The van der Waals surface area contributed by atoms with Crippen LogP contribution in [-0.4, -0.2) is 134 Å². The van der Waals surface area contributed by atoms with Crippen molar-refractivity contribution in [1.29, 1.82) is 0 Å². The second kappa shape index (κ2) is 22.4. The Hall–Kier alpha value is -3.98. The van der Waals surface area contributed by atoms with Gasteiger partial charge in [0, 0.05) is 19.6 Å². The SMILES string of the molecule is CC(C)(C)OC(=O)NC(S)C1(O)CCN(C(=O)OCc2ccccc2)C1.CC(NC(=O)OC(C)(C)C)C1(O)CCNC1.NC(S)C1(O)CCN(C(=O)OCc2ccccc2)C1. The molecule has 0 saturated carbocycles. The standard InChI is InChI=1S/C18H26N2O5S.C13H18N2O3S.C11H22N2O3/c1-17(2,3)25-15(21)19-14(26)18(23)9-10-20(12-18)16(22)24-11-13-7-5-4-6-8-13;14-11(19)13(17)6-7-15(9-13)12(16)18-8-10-4-2-1-3-5-10;1-8(11(15)5-6-12-7-11)13-9(14)16-10(2,3)4/h4-8,14,23,26H,9-12H2,1-3H3,(H,19,21);1-5,11,17,19H,6-9,14H2;8,12,15H,5-7H2,1-4H3,(H,13,14). The number of hydrogen-bond acceptors (Lipinski definition) is 15. The molecule has 61 heavy (non-hydrogen) atoms. The number of ether oxygens (including phenoxy) is 4. The third-order valence-corrected chi connectivity index (χ3v) is 11.0. The summed E-state index contributed by atoms with van der Waals surface area (Å²) in [5, 5.41) is 37.7. The summed E-state index contributed by atoms with van der Waals surface area (Å²) in [6, 6.07) is 18.5. The predicted molar refractivity (Wildman–Crippen MR) is 236 cm³/mol. The van der Waals surface area contributed by atoms with Crippen molar-refractivity contribution in [3.05, 3.63) is 71.8 Å². The topological polar surface area (TPSA) is 234 Å². The molecule has 2 aromatic rings. The van der Waals surface area contributed by atoms with E-state index in [-0.39, 0.29) is 38.8 Å². The number of thiol groups is 2.